The first-order chi connectivity index (χ1) is 25.2. The number of hydrogen-bond donors (Lipinski definition) is 0. The number of carbonyl (C=O) groups is 2. The molecule has 0 atom stereocenters. The van der Waals surface area contributed by atoms with E-state index in [0.717, 1.165) is 18.9 Å². The molecule has 51 heavy (non-hydrogen) atoms. The highest BCUT2D eigenvalue weighted by Gasteiger charge is 2.03. The zero-order valence-corrected chi connectivity index (χ0v) is 31.6. The normalized spacial score (nSPS) is 11.2. The maximum Gasteiger partial charge on any atom is 0.330 e. The standard InChI is InChI=1S/C37H70O14/c1-3-5-6-7-8-9-10-11-12-13-37(39)51-35-33-49-31-29-47-27-25-45-23-21-43-19-17-41-15-14-40-16-18-42-20-22-44-24-26-46-28-30-48-32-34-50-36(38)4-2/h4H,2-3,5-35H2,1H3. The van der Waals surface area contributed by atoms with Crippen molar-refractivity contribution in [1.82, 2.24) is 0 Å². The third-order valence-corrected chi connectivity index (χ3v) is 6.96. The SMILES string of the molecule is C=CC(=O)OCCOCCOCCOCCOCCOCCOCCOCCOCCOCCOCCOC(=O)CCCCCCCCCCC. The fraction of sp³-hybridized carbons (Fsp3) is 0.892. The molecule has 0 saturated carbocycles. The van der Waals surface area contributed by atoms with Gasteiger partial charge in [-0.2, -0.15) is 0 Å². The summed E-state index contributed by atoms with van der Waals surface area (Å²) in [5, 5.41) is 0. The van der Waals surface area contributed by atoms with Crippen LogP contribution in [0, 0.1) is 0 Å². The van der Waals surface area contributed by atoms with Crippen molar-refractivity contribution >= 4 is 11.9 Å². The van der Waals surface area contributed by atoms with E-state index >= 15 is 0 Å². The van der Waals surface area contributed by atoms with Crippen molar-refractivity contribution in [2.24, 2.45) is 0 Å². The first kappa shape index (κ1) is 49.3. The van der Waals surface area contributed by atoms with Gasteiger partial charge in [0.15, 0.2) is 0 Å². The van der Waals surface area contributed by atoms with Crippen molar-refractivity contribution in [2.75, 3.05) is 145 Å². The maximum atomic E-state index is 11.8. The van der Waals surface area contributed by atoms with E-state index in [2.05, 4.69) is 13.5 Å². The predicted octanol–water partition coefficient (Wildman–Crippen LogP) is 4.35. The van der Waals surface area contributed by atoms with E-state index in [4.69, 9.17) is 56.8 Å². The molecule has 302 valence electrons. The van der Waals surface area contributed by atoms with Gasteiger partial charge in [0.2, 0.25) is 0 Å². The Morgan fingerprint density at radius 2 is 0.627 bits per heavy atom. The summed E-state index contributed by atoms with van der Waals surface area (Å²) in [5.74, 6) is -0.602. The number of ether oxygens (including phenoxy) is 12. The van der Waals surface area contributed by atoms with E-state index in [1.54, 1.807) is 0 Å². The van der Waals surface area contributed by atoms with Crippen molar-refractivity contribution in [3.63, 3.8) is 0 Å². The van der Waals surface area contributed by atoms with Crippen LogP contribution in [0.5, 0.6) is 0 Å². The lowest BCUT2D eigenvalue weighted by Crippen LogP contribution is -2.15. The average molecular weight is 739 g/mol. The van der Waals surface area contributed by atoms with Gasteiger partial charge in [0.05, 0.1) is 132 Å². The third-order valence-electron chi connectivity index (χ3n) is 6.96. The minimum Gasteiger partial charge on any atom is -0.463 e. The summed E-state index contributed by atoms with van der Waals surface area (Å²) in [6.45, 7) is 15.3. The monoisotopic (exact) mass is 738 g/mol. The number of hydrogen-bond acceptors (Lipinski definition) is 14. The molecule has 0 aliphatic carbocycles. The number of unbranched alkanes of at least 4 members (excludes halogenated alkanes) is 8. The average Bonchev–Trinajstić information content (AvgIpc) is 3.14. The largest absolute Gasteiger partial charge is 0.463 e. The van der Waals surface area contributed by atoms with Crippen LogP contribution in [0.3, 0.4) is 0 Å². The number of rotatable bonds is 44. The van der Waals surface area contributed by atoms with Crippen LogP contribution < -0.4 is 0 Å². The number of esters is 2. The molecular weight excluding hydrogens is 668 g/mol. The lowest BCUT2D eigenvalue weighted by Gasteiger charge is -2.09. The molecule has 0 aliphatic rings. The Morgan fingerprint density at radius 1 is 0.373 bits per heavy atom. The molecular formula is C37H70O14. The van der Waals surface area contributed by atoms with Crippen molar-refractivity contribution in [3.8, 4) is 0 Å². The summed E-state index contributed by atoms with van der Waals surface area (Å²) >= 11 is 0. The van der Waals surface area contributed by atoms with Crippen LogP contribution in [-0.2, 0) is 66.4 Å². The van der Waals surface area contributed by atoms with Gasteiger partial charge in [-0.15, -0.1) is 0 Å². The molecule has 0 radical (unpaired) electrons. The van der Waals surface area contributed by atoms with Crippen molar-refractivity contribution in [1.29, 1.82) is 0 Å². The minimum absolute atomic E-state index is 0.141. The summed E-state index contributed by atoms with van der Waals surface area (Å²) in [7, 11) is 0. The first-order valence-electron chi connectivity index (χ1n) is 18.9. The third kappa shape index (κ3) is 44.4. The molecule has 0 fully saturated rings. The van der Waals surface area contributed by atoms with Gasteiger partial charge in [-0.05, 0) is 6.42 Å². The van der Waals surface area contributed by atoms with Crippen LogP contribution in [0.1, 0.15) is 71.1 Å². The molecule has 0 aromatic carbocycles. The molecule has 0 rings (SSSR count). The Kier molecular flexibility index (Phi) is 42.9. The van der Waals surface area contributed by atoms with Crippen LogP contribution in [0.4, 0.5) is 0 Å². The Hall–Kier alpha value is -1.72. The summed E-state index contributed by atoms with van der Waals surface area (Å²) in [6, 6.07) is 0. The highest BCUT2D eigenvalue weighted by atomic mass is 16.6. The molecule has 0 bridgehead atoms. The van der Waals surface area contributed by atoms with E-state index in [0.29, 0.717) is 139 Å². The molecule has 0 heterocycles. The van der Waals surface area contributed by atoms with Crippen molar-refractivity contribution in [2.45, 2.75) is 71.1 Å². The fourth-order valence-corrected chi connectivity index (χ4v) is 4.21. The lowest BCUT2D eigenvalue weighted by atomic mass is 10.1. The second kappa shape index (κ2) is 44.4. The molecule has 0 unspecified atom stereocenters. The van der Waals surface area contributed by atoms with Crippen LogP contribution >= 0.6 is 0 Å². The minimum atomic E-state index is -0.461. The molecule has 14 heteroatoms. The zero-order valence-electron chi connectivity index (χ0n) is 31.6. The predicted molar refractivity (Wildman–Crippen MR) is 192 cm³/mol. The van der Waals surface area contributed by atoms with Gasteiger partial charge < -0.3 is 56.8 Å². The Balaban J connectivity index is 3.12. The second-order valence-corrected chi connectivity index (χ2v) is 11.3. The second-order valence-electron chi connectivity index (χ2n) is 11.3. The van der Waals surface area contributed by atoms with Crippen molar-refractivity contribution in [3.05, 3.63) is 12.7 Å². The summed E-state index contributed by atoms with van der Waals surface area (Å²) in [5.41, 5.74) is 0. The van der Waals surface area contributed by atoms with Gasteiger partial charge in [-0.25, -0.2) is 4.79 Å². The van der Waals surface area contributed by atoms with Gasteiger partial charge in [0, 0.05) is 12.5 Å². The van der Waals surface area contributed by atoms with Gasteiger partial charge in [-0.1, -0.05) is 64.9 Å². The fourth-order valence-electron chi connectivity index (χ4n) is 4.21. The highest BCUT2D eigenvalue weighted by Crippen LogP contribution is 2.10. The van der Waals surface area contributed by atoms with E-state index in [9.17, 15) is 9.59 Å². The number of carbonyl (C=O) groups excluding carboxylic acids is 2. The van der Waals surface area contributed by atoms with E-state index in [1.807, 2.05) is 0 Å². The molecule has 0 spiro atoms. The van der Waals surface area contributed by atoms with Crippen LogP contribution in [0.2, 0.25) is 0 Å². The van der Waals surface area contributed by atoms with Crippen molar-refractivity contribution < 1.29 is 66.4 Å². The van der Waals surface area contributed by atoms with Gasteiger partial charge >= 0.3 is 11.9 Å². The molecule has 0 aromatic heterocycles. The van der Waals surface area contributed by atoms with Crippen LogP contribution in [0.15, 0.2) is 12.7 Å². The smallest absolute Gasteiger partial charge is 0.330 e. The molecule has 0 aliphatic heterocycles. The highest BCUT2D eigenvalue weighted by molar-refractivity contribution is 5.81. The van der Waals surface area contributed by atoms with Gasteiger partial charge in [0.1, 0.15) is 13.2 Å². The Bertz CT molecular complexity index is 727. The van der Waals surface area contributed by atoms with E-state index in [1.165, 1.54) is 44.9 Å². The van der Waals surface area contributed by atoms with E-state index in [-0.39, 0.29) is 19.2 Å². The quantitative estimate of drug-likeness (QED) is 0.0496. The first-order valence-corrected chi connectivity index (χ1v) is 18.9. The molecule has 0 N–H and O–H groups in total. The molecule has 0 saturated heterocycles. The summed E-state index contributed by atoms with van der Waals surface area (Å²) in [4.78, 5) is 22.6. The molecule has 14 nitrogen and oxygen atoms in total. The zero-order chi connectivity index (χ0) is 37.0. The van der Waals surface area contributed by atoms with Gasteiger partial charge in [0.25, 0.3) is 0 Å². The Morgan fingerprint density at radius 3 is 0.922 bits per heavy atom. The van der Waals surface area contributed by atoms with E-state index < -0.39 is 5.97 Å². The Labute approximate surface area is 307 Å². The topological polar surface area (TPSA) is 145 Å². The molecule has 0 amide bonds. The summed E-state index contributed by atoms with van der Waals surface area (Å²) in [6.07, 6.45) is 12.7. The lowest BCUT2D eigenvalue weighted by molar-refractivity contribution is -0.145. The molecule has 0 aromatic rings. The maximum absolute atomic E-state index is 11.8. The van der Waals surface area contributed by atoms with Gasteiger partial charge in [-0.3, -0.25) is 4.79 Å². The summed E-state index contributed by atoms with van der Waals surface area (Å²) < 4.78 is 64.4. The van der Waals surface area contributed by atoms with Crippen LogP contribution in [0.25, 0.3) is 0 Å². The van der Waals surface area contributed by atoms with Crippen LogP contribution in [-0.4, -0.2) is 157 Å².